The summed E-state index contributed by atoms with van der Waals surface area (Å²) in [5, 5.41) is 21.7. The lowest BCUT2D eigenvalue weighted by Crippen LogP contribution is -2.30. The van der Waals surface area contributed by atoms with Gasteiger partial charge in [-0.2, -0.15) is 0 Å². The number of nitrogens with zero attached hydrogens (tertiary/aromatic N) is 3. The molecule has 144 valence electrons. The van der Waals surface area contributed by atoms with Crippen molar-refractivity contribution in [1.29, 1.82) is 0 Å². The van der Waals surface area contributed by atoms with E-state index in [9.17, 15) is 20.0 Å². The molecule has 0 amide bonds. The molecule has 1 aromatic heterocycles. The van der Waals surface area contributed by atoms with E-state index in [4.69, 9.17) is 0 Å². The largest absolute Gasteiger partial charge is 0.507 e. The van der Waals surface area contributed by atoms with Gasteiger partial charge in [-0.1, -0.05) is 30.3 Å². The maximum atomic E-state index is 13.0. The zero-order chi connectivity index (χ0) is 20.4. The van der Waals surface area contributed by atoms with Gasteiger partial charge in [-0.05, 0) is 29.8 Å². The maximum Gasteiger partial charge on any atom is 0.269 e. The Balaban J connectivity index is 1.70. The number of anilines is 2. The van der Waals surface area contributed by atoms with Crippen LogP contribution in [0.2, 0.25) is 0 Å². The maximum absolute atomic E-state index is 13.0. The van der Waals surface area contributed by atoms with E-state index in [0.717, 1.165) is 5.69 Å². The van der Waals surface area contributed by atoms with Gasteiger partial charge in [0, 0.05) is 30.4 Å². The van der Waals surface area contributed by atoms with E-state index in [0.29, 0.717) is 16.9 Å². The molecular weight excluding hydrogens is 370 g/mol. The van der Waals surface area contributed by atoms with Gasteiger partial charge in [-0.15, -0.1) is 0 Å². The van der Waals surface area contributed by atoms with Crippen molar-refractivity contribution < 1.29 is 14.8 Å². The highest BCUT2D eigenvalue weighted by atomic mass is 16.6. The summed E-state index contributed by atoms with van der Waals surface area (Å²) >= 11 is 0. The van der Waals surface area contributed by atoms with Crippen LogP contribution in [0.5, 0.6) is 0 Å². The second-order valence-electron chi connectivity index (χ2n) is 6.65. The number of carbonyl (C=O) groups is 1. The van der Waals surface area contributed by atoms with Crippen molar-refractivity contribution in [3.8, 4) is 0 Å². The Morgan fingerprint density at radius 1 is 1.10 bits per heavy atom. The Morgan fingerprint density at radius 2 is 1.90 bits per heavy atom. The normalized spacial score (nSPS) is 13.2. The van der Waals surface area contributed by atoms with Crippen molar-refractivity contribution in [2.75, 3.05) is 11.4 Å². The molecule has 1 aliphatic heterocycles. The van der Waals surface area contributed by atoms with Crippen molar-refractivity contribution in [3.63, 3.8) is 0 Å². The summed E-state index contributed by atoms with van der Waals surface area (Å²) in [6.45, 7) is 0.160. The van der Waals surface area contributed by atoms with E-state index in [1.807, 2.05) is 35.2 Å². The number of benzene rings is 2. The molecule has 0 aliphatic carbocycles. The number of nitro benzene ring substituents is 1. The second-order valence-corrected chi connectivity index (χ2v) is 6.65. The lowest BCUT2D eigenvalue weighted by atomic mass is 9.95. The fourth-order valence-corrected chi connectivity index (χ4v) is 3.38. The lowest BCUT2D eigenvalue weighted by molar-refractivity contribution is -0.384. The molecule has 29 heavy (non-hydrogen) atoms. The molecule has 0 bridgehead atoms. The summed E-state index contributed by atoms with van der Waals surface area (Å²) in [6, 6.07) is 18.9. The van der Waals surface area contributed by atoms with Gasteiger partial charge in [0.05, 0.1) is 22.6 Å². The molecule has 0 radical (unpaired) electrons. The van der Waals surface area contributed by atoms with Gasteiger partial charge in [0.25, 0.3) is 5.69 Å². The molecule has 0 spiro atoms. The number of aliphatic hydroxyl groups excluding tert-OH is 1. The quantitative estimate of drug-likeness (QED) is 0.520. The summed E-state index contributed by atoms with van der Waals surface area (Å²) in [7, 11) is 0. The molecule has 3 aromatic rings. The third-order valence-electron chi connectivity index (χ3n) is 4.79. The number of non-ortho nitro benzene ring substituents is 1. The van der Waals surface area contributed by atoms with Crippen molar-refractivity contribution >= 4 is 28.7 Å². The number of hydrogen-bond donors (Lipinski definition) is 1. The zero-order valence-electron chi connectivity index (χ0n) is 15.4. The fourth-order valence-electron chi connectivity index (χ4n) is 3.38. The predicted octanol–water partition coefficient (Wildman–Crippen LogP) is 4.22. The van der Waals surface area contributed by atoms with Crippen LogP contribution in [0.4, 0.5) is 17.2 Å². The molecule has 0 saturated heterocycles. The van der Waals surface area contributed by atoms with Crippen LogP contribution in [0.1, 0.15) is 11.1 Å². The molecule has 0 saturated carbocycles. The van der Waals surface area contributed by atoms with Crippen LogP contribution in [-0.2, 0) is 11.2 Å². The fraction of sp³-hybridized carbons (Fsp3) is 0.0909. The first-order valence-corrected chi connectivity index (χ1v) is 9.01. The number of aliphatic hydroxyl groups is 1. The van der Waals surface area contributed by atoms with Gasteiger partial charge < -0.3 is 10.0 Å². The van der Waals surface area contributed by atoms with Crippen LogP contribution in [0, 0.1) is 10.1 Å². The van der Waals surface area contributed by atoms with Gasteiger partial charge in [-0.3, -0.25) is 14.9 Å². The number of carbonyl (C=O) groups excluding carboxylic acids is 1. The lowest BCUT2D eigenvalue weighted by Gasteiger charge is -2.31. The highest BCUT2D eigenvalue weighted by Gasteiger charge is 2.29. The molecule has 0 atom stereocenters. The highest BCUT2D eigenvalue weighted by molar-refractivity contribution is 6.05. The minimum absolute atomic E-state index is 0.0424. The first-order chi connectivity index (χ1) is 14.0. The Kier molecular flexibility index (Phi) is 4.78. The smallest absolute Gasteiger partial charge is 0.269 e. The van der Waals surface area contributed by atoms with Crippen molar-refractivity contribution in [3.05, 3.63) is 99.7 Å². The van der Waals surface area contributed by atoms with Crippen LogP contribution in [0.25, 0.3) is 5.76 Å². The van der Waals surface area contributed by atoms with E-state index >= 15 is 0 Å². The van der Waals surface area contributed by atoms with Crippen LogP contribution in [-0.4, -0.2) is 27.3 Å². The van der Waals surface area contributed by atoms with Crippen molar-refractivity contribution in [2.24, 2.45) is 0 Å². The highest BCUT2D eigenvalue weighted by Crippen LogP contribution is 2.36. The van der Waals surface area contributed by atoms with Gasteiger partial charge >= 0.3 is 0 Å². The Morgan fingerprint density at radius 3 is 2.66 bits per heavy atom. The SMILES string of the molecule is O=C(Cc1cccc([N+](=O)[O-])c1)C1=C(O)c2cccnc2N(c2ccccc2)C1. The number of fused-ring (bicyclic) bond motifs is 1. The molecule has 2 aromatic carbocycles. The summed E-state index contributed by atoms with van der Waals surface area (Å²) in [4.78, 5) is 29.8. The predicted molar refractivity (Wildman–Crippen MR) is 109 cm³/mol. The first-order valence-electron chi connectivity index (χ1n) is 9.01. The number of rotatable bonds is 5. The summed E-state index contributed by atoms with van der Waals surface area (Å²) in [5.41, 5.74) is 2.02. The van der Waals surface area contributed by atoms with E-state index < -0.39 is 4.92 Å². The minimum atomic E-state index is -0.496. The number of para-hydroxylation sites is 1. The molecule has 0 unspecified atom stereocenters. The van der Waals surface area contributed by atoms with Crippen LogP contribution < -0.4 is 4.90 Å². The van der Waals surface area contributed by atoms with E-state index in [1.54, 1.807) is 30.5 Å². The molecule has 7 heteroatoms. The third kappa shape index (κ3) is 3.58. The second kappa shape index (κ2) is 7.55. The van der Waals surface area contributed by atoms with E-state index in [2.05, 4.69) is 4.98 Å². The van der Waals surface area contributed by atoms with Crippen molar-refractivity contribution in [2.45, 2.75) is 6.42 Å². The number of aromatic nitrogens is 1. The first kappa shape index (κ1) is 18.4. The molecule has 2 heterocycles. The molecule has 7 nitrogen and oxygen atoms in total. The Hall–Kier alpha value is -4.00. The number of nitro groups is 1. The van der Waals surface area contributed by atoms with Gasteiger partial charge in [0.15, 0.2) is 5.78 Å². The van der Waals surface area contributed by atoms with Gasteiger partial charge in [-0.25, -0.2) is 4.98 Å². The zero-order valence-corrected chi connectivity index (χ0v) is 15.4. The standard InChI is InChI=1S/C22H17N3O4/c26-20(13-15-6-4-9-17(12-15)25(28)29)19-14-24(16-7-2-1-3-8-16)22-18(21(19)27)10-5-11-23-22/h1-12,27H,13-14H2. The Labute approximate surface area is 166 Å². The number of ketones is 1. The summed E-state index contributed by atoms with van der Waals surface area (Å²) in [6.07, 6.45) is 1.59. The number of pyridine rings is 1. The van der Waals surface area contributed by atoms with Gasteiger partial charge in [0.2, 0.25) is 0 Å². The molecular formula is C22H17N3O4. The Bertz CT molecular complexity index is 1130. The summed E-state index contributed by atoms with van der Waals surface area (Å²) in [5.74, 6) is 0.178. The average Bonchev–Trinajstić information content (AvgIpc) is 2.75. The summed E-state index contributed by atoms with van der Waals surface area (Å²) < 4.78 is 0. The van der Waals surface area contributed by atoms with E-state index in [1.165, 1.54) is 12.1 Å². The monoisotopic (exact) mass is 387 g/mol. The topological polar surface area (TPSA) is 96.6 Å². The van der Waals surface area contributed by atoms with Crippen LogP contribution in [0.15, 0.2) is 78.5 Å². The molecule has 1 N–H and O–H groups in total. The number of Topliss-reactive ketones (excluding diaryl/α,β-unsaturated/α-hetero) is 1. The van der Waals surface area contributed by atoms with Gasteiger partial charge in [0.1, 0.15) is 11.6 Å². The van der Waals surface area contributed by atoms with Crippen LogP contribution >= 0.6 is 0 Å². The molecule has 0 fully saturated rings. The van der Waals surface area contributed by atoms with Crippen LogP contribution in [0.3, 0.4) is 0 Å². The van der Waals surface area contributed by atoms with E-state index in [-0.39, 0.29) is 35.8 Å². The third-order valence-corrected chi connectivity index (χ3v) is 4.79. The minimum Gasteiger partial charge on any atom is -0.507 e. The average molecular weight is 387 g/mol. The van der Waals surface area contributed by atoms with Crippen molar-refractivity contribution in [1.82, 2.24) is 4.98 Å². The molecule has 1 aliphatic rings. The number of hydrogen-bond acceptors (Lipinski definition) is 6. The molecule has 4 rings (SSSR count).